The number of fused-ring (bicyclic) bond motifs is 3. The molecule has 0 aliphatic heterocycles. The molecule has 1 N–H and O–H groups in total. The van der Waals surface area contributed by atoms with Crippen molar-refractivity contribution >= 4 is 53.2 Å². The Labute approximate surface area is 184 Å². The van der Waals surface area contributed by atoms with Crippen LogP contribution in [0.25, 0.3) is 20.2 Å². The summed E-state index contributed by atoms with van der Waals surface area (Å²) in [6.45, 7) is 8.63. The van der Waals surface area contributed by atoms with Gasteiger partial charge in [0.15, 0.2) is 0 Å². The SMILES string of the molecule is CC(C)[C@H](NS(=O)(=O)c1ccc2sc3cc([N+](=O)[O-])ccc3c2c1)C(=O)OC(C)(C)C. The fourth-order valence-corrected chi connectivity index (χ4v) is 5.56. The van der Waals surface area contributed by atoms with Crippen molar-refractivity contribution in [2.24, 2.45) is 5.92 Å². The van der Waals surface area contributed by atoms with E-state index in [2.05, 4.69) is 4.72 Å². The van der Waals surface area contributed by atoms with Gasteiger partial charge in [-0.1, -0.05) is 13.8 Å². The number of nitro groups is 1. The second kappa shape index (κ2) is 8.18. The molecule has 10 heteroatoms. The fourth-order valence-electron chi connectivity index (χ4n) is 3.08. The van der Waals surface area contributed by atoms with Crippen LogP contribution in [0.2, 0.25) is 0 Å². The van der Waals surface area contributed by atoms with Gasteiger partial charge < -0.3 is 4.74 Å². The second-order valence-corrected chi connectivity index (χ2v) is 11.4. The molecule has 31 heavy (non-hydrogen) atoms. The van der Waals surface area contributed by atoms with E-state index in [9.17, 15) is 23.3 Å². The van der Waals surface area contributed by atoms with Crippen LogP contribution in [0.5, 0.6) is 0 Å². The summed E-state index contributed by atoms with van der Waals surface area (Å²) in [7, 11) is -4.02. The van der Waals surface area contributed by atoms with Gasteiger partial charge in [-0.2, -0.15) is 4.72 Å². The highest BCUT2D eigenvalue weighted by molar-refractivity contribution is 7.89. The number of benzene rings is 2. The summed E-state index contributed by atoms with van der Waals surface area (Å²) in [4.78, 5) is 23.1. The Bertz CT molecular complexity index is 1270. The lowest BCUT2D eigenvalue weighted by atomic mass is 10.1. The Hall–Kier alpha value is -2.56. The van der Waals surface area contributed by atoms with E-state index in [0.717, 1.165) is 10.1 Å². The lowest BCUT2D eigenvalue weighted by Crippen LogP contribution is -2.47. The predicted molar refractivity (Wildman–Crippen MR) is 121 cm³/mol. The van der Waals surface area contributed by atoms with Crippen LogP contribution in [0.3, 0.4) is 0 Å². The molecule has 0 saturated carbocycles. The van der Waals surface area contributed by atoms with Gasteiger partial charge in [-0.15, -0.1) is 11.3 Å². The van der Waals surface area contributed by atoms with E-state index < -0.39 is 32.6 Å². The smallest absolute Gasteiger partial charge is 0.324 e. The maximum absolute atomic E-state index is 13.1. The van der Waals surface area contributed by atoms with Crippen molar-refractivity contribution in [2.75, 3.05) is 0 Å². The van der Waals surface area contributed by atoms with E-state index in [-0.39, 0.29) is 16.5 Å². The normalized spacial score (nSPS) is 13.6. The van der Waals surface area contributed by atoms with Gasteiger partial charge in [-0.25, -0.2) is 8.42 Å². The highest BCUT2D eigenvalue weighted by Crippen LogP contribution is 2.37. The molecule has 3 rings (SSSR count). The molecule has 0 radical (unpaired) electrons. The molecule has 0 unspecified atom stereocenters. The van der Waals surface area contributed by atoms with Crippen LogP contribution in [-0.2, 0) is 19.6 Å². The molecule has 0 saturated heterocycles. The van der Waals surface area contributed by atoms with Crippen molar-refractivity contribution < 1.29 is 22.9 Å². The number of nitrogens with one attached hydrogen (secondary N) is 1. The van der Waals surface area contributed by atoms with Gasteiger partial charge in [0.05, 0.1) is 9.82 Å². The zero-order valence-corrected chi connectivity index (χ0v) is 19.5. The number of carbonyl (C=O) groups is 1. The highest BCUT2D eigenvalue weighted by Gasteiger charge is 2.32. The molecule has 2 aromatic carbocycles. The molecular weight excluding hydrogens is 440 g/mol. The molecule has 1 heterocycles. The lowest BCUT2D eigenvalue weighted by molar-refractivity contribution is -0.384. The Morgan fingerprint density at radius 2 is 1.77 bits per heavy atom. The molecule has 1 atom stereocenters. The number of sulfonamides is 1. The number of hydrogen-bond acceptors (Lipinski definition) is 7. The number of carbonyl (C=O) groups excluding carboxylic acids is 1. The molecule has 3 aromatic rings. The average molecular weight is 465 g/mol. The van der Waals surface area contributed by atoms with Crippen molar-refractivity contribution in [1.82, 2.24) is 4.72 Å². The van der Waals surface area contributed by atoms with Crippen molar-refractivity contribution in [1.29, 1.82) is 0 Å². The monoisotopic (exact) mass is 464 g/mol. The maximum Gasteiger partial charge on any atom is 0.324 e. The minimum Gasteiger partial charge on any atom is -0.459 e. The average Bonchev–Trinajstić information content (AvgIpc) is 3.01. The van der Waals surface area contributed by atoms with Gasteiger partial charge in [0.2, 0.25) is 10.0 Å². The number of hydrogen-bond donors (Lipinski definition) is 1. The molecule has 1 aromatic heterocycles. The van der Waals surface area contributed by atoms with Crippen molar-refractivity contribution in [2.45, 2.75) is 51.2 Å². The van der Waals surface area contributed by atoms with E-state index in [4.69, 9.17) is 4.74 Å². The third-order valence-electron chi connectivity index (χ3n) is 4.56. The predicted octanol–water partition coefficient (Wildman–Crippen LogP) is 4.61. The summed E-state index contributed by atoms with van der Waals surface area (Å²) in [5.41, 5.74) is -0.766. The first-order valence-corrected chi connectivity index (χ1v) is 11.9. The topological polar surface area (TPSA) is 116 Å². The molecule has 8 nitrogen and oxygen atoms in total. The van der Waals surface area contributed by atoms with Gasteiger partial charge in [0.25, 0.3) is 5.69 Å². The van der Waals surface area contributed by atoms with Crippen molar-refractivity contribution in [3.05, 3.63) is 46.5 Å². The van der Waals surface area contributed by atoms with Crippen LogP contribution >= 0.6 is 11.3 Å². The Morgan fingerprint density at radius 1 is 1.10 bits per heavy atom. The minimum absolute atomic E-state index is 0.00672. The van der Waals surface area contributed by atoms with E-state index in [1.54, 1.807) is 46.8 Å². The molecule has 0 fully saturated rings. The van der Waals surface area contributed by atoms with Gasteiger partial charge >= 0.3 is 5.97 Å². The second-order valence-electron chi connectivity index (χ2n) is 8.57. The molecular formula is C21H24N2O6S2. The van der Waals surface area contributed by atoms with Crippen LogP contribution in [0.15, 0.2) is 41.3 Å². The van der Waals surface area contributed by atoms with Crippen LogP contribution in [-0.4, -0.2) is 31.0 Å². The van der Waals surface area contributed by atoms with Crippen molar-refractivity contribution in [3.63, 3.8) is 0 Å². The van der Waals surface area contributed by atoms with Crippen LogP contribution in [0.1, 0.15) is 34.6 Å². The lowest BCUT2D eigenvalue weighted by Gasteiger charge is -2.26. The molecule has 0 spiro atoms. The van der Waals surface area contributed by atoms with Crippen molar-refractivity contribution in [3.8, 4) is 0 Å². The molecule has 0 aliphatic carbocycles. The first kappa shape index (κ1) is 23.1. The molecule has 166 valence electrons. The third-order valence-corrected chi connectivity index (χ3v) is 7.13. The summed E-state index contributed by atoms with van der Waals surface area (Å²) in [6, 6.07) is 8.10. The first-order valence-electron chi connectivity index (χ1n) is 9.64. The number of rotatable bonds is 6. The van der Waals surface area contributed by atoms with Gasteiger partial charge in [-0.05, 0) is 51.0 Å². The van der Waals surface area contributed by atoms with E-state index >= 15 is 0 Å². The zero-order valence-electron chi connectivity index (χ0n) is 17.8. The van der Waals surface area contributed by atoms with E-state index in [1.165, 1.54) is 35.6 Å². The Kier molecular flexibility index (Phi) is 6.09. The summed E-state index contributed by atoms with van der Waals surface area (Å²) < 4.78 is 35.5. The van der Waals surface area contributed by atoms with Crippen LogP contribution in [0.4, 0.5) is 5.69 Å². The summed E-state index contributed by atoms with van der Waals surface area (Å²) in [5, 5.41) is 12.4. The number of nitrogens with zero attached hydrogens (tertiary/aromatic N) is 1. The Balaban J connectivity index is 1.99. The summed E-state index contributed by atoms with van der Waals surface area (Å²) >= 11 is 1.35. The van der Waals surface area contributed by atoms with Gasteiger partial charge in [0, 0.05) is 32.3 Å². The fraction of sp³-hybridized carbons (Fsp3) is 0.381. The molecule has 0 bridgehead atoms. The quantitative estimate of drug-likeness (QED) is 0.324. The van der Waals surface area contributed by atoms with Crippen LogP contribution in [0, 0.1) is 16.0 Å². The number of esters is 1. The third kappa shape index (κ3) is 5.03. The molecule has 0 aliphatic rings. The highest BCUT2D eigenvalue weighted by atomic mass is 32.2. The van der Waals surface area contributed by atoms with E-state index in [0.29, 0.717) is 10.1 Å². The summed E-state index contributed by atoms with van der Waals surface area (Å²) in [5.74, 6) is -0.962. The number of ether oxygens (including phenoxy) is 1. The van der Waals surface area contributed by atoms with Gasteiger partial charge in [0.1, 0.15) is 11.6 Å². The number of non-ortho nitro benzene ring substituents is 1. The largest absolute Gasteiger partial charge is 0.459 e. The van der Waals surface area contributed by atoms with Gasteiger partial charge in [-0.3, -0.25) is 14.9 Å². The summed E-state index contributed by atoms with van der Waals surface area (Å²) in [6.07, 6.45) is 0. The van der Waals surface area contributed by atoms with E-state index in [1.807, 2.05) is 0 Å². The maximum atomic E-state index is 13.1. The minimum atomic E-state index is -4.02. The standard InChI is InChI=1S/C21H24N2O6S2/c1-12(2)19(20(24)29-21(3,4)5)22-31(27,28)14-7-9-17-16(11-14)15-8-6-13(23(25)26)10-18(15)30-17/h6-12,19,22H,1-5H3/t19-/m0/s1. The number of thiophene rings is 1. The van der Waals surface area contributed by atoms with Crippen LogP contribution < -0.4 is 4.72 Å². The zero-order chi connectivity index (χ0) is 23.1. The Morgan fingerprint density at radius 3 is 2.35 bits per heavy atom. The number of nitro benzene ring substituents is 1. The first-order chi connectivity index (χ1) is 14.3. The molecule has 0 amide bonds.